The summed E-state index contributed by atoms with van der Waals surface area (Å²) in [5, 5.41) is 22.4. The summed E-state index contributed by atoms with van der Waals surface area (Å²) in [6.45, 7) is 1.35. The third-order valence-electron chi connectivity index (χ3n) is 3.49. The van der Waals surface area contributed by atoms with Crippen LogP contribution >= 0.6 is 0 Å². The summed E-state index contributed by atoms with van der Waals surface area (Å²) in [4.78, 5) is 47.9. The monoisotopic (exact) mass is 300 g/mol. The number of hydrogen-bond donors (Lipinski definition) is 4. The van der Waals surface area contributed by atoms with E-state index in [2.05, 4.69) is 10.6 Å². The van der Waals surface area contributed by atoms with Gasteiger partial charge in [-0.15, -0.1) is 0 Å². The molecule has 0 radical (unpaired) electrons. The van der Waals surface area contributed by atoms with Gasteiger partial charge in [0, 0.05) is 26.2 Å². The Morgan fingerprint density at radius 1 is 1.33 bits per heavy atom. The molecule has 2 aliphatic heterocycles. The predicted octanol–water partition coefficient (Wildman–Crippen LogP) is -1.67. The molecule has 2 atom stereocenters. The molecule has 0 spiro atoms. The fourth-order valence-electron chi connectivity index (χ4n) is 2.40. The fourth-order valence-corrected chi connectivity index (χ4v) is 2.40. The average molecular weight is 300 g/mol. The highest BCUT2D eigenvalue weighted by atomic mass is 16.4. The highest BCUT2D eigenvalue weighted by molar-refractivity contribution is 5.86. The van der Waals surface area contributed by atoms with Gasteiger partial charge < -0.3 is 30.6 Å². The van der Waals surface area contributed by atoms with E-state index in [0.29, 0.717) is 13.1 Å². The highest BCUT2D eigenvalue weighted by Gasteiger charge is 2.37. The third-order valence-corrected chi connectivity index (χ3v) is 3.49. The molecular formula is C11H16N4O6. The van der Waals surface area contributed by atoms with E-state index in [0.717, 1.165) is 0 Å². The lowest BCUT2D eigenvalue weighted by Crippen LogP contribution is -2.58. The zero-order chi connectivity index (χ0) is 15.6. The smallest absolute Gasteiger partial charge is 0.326 e. The second kappa shape index (κ2) is 5.85. The van der Waals surface area contributed by atoms with E-state index >= 15 is 0 Å². The van der Waals surface area contributed by atoms with Gasteiger partial charge in [-0.05, 0) is 0 Å². The van der Waals surface area contributed by atoms with Crippen LogP contribution < -0.4 is 10.6 Å². The standard InChI is InChI=1S/C11H16N4O6/c16-8(17)3-7(9(18)19)13-11(21)14-1-2-15-6(5-14)4-12-10(15)20/h6-7H,1-5H2,(H,12,20)(H,13,21)(H,16,17)(H,18,19). The Hall–Kier alpha value is -2.52. The molecule has 0 bridgehead atoms. The number of aliphatic carboxylic acids is 2. The molecule has 2 fully saturated rings. The zero-order valence-corrected chi connectivity index (χ0v) is 11.1. The number of nitrogens with zero attached hydrogens (tertiary/aromatic N) is 2. The van der Waals surface area contributed by atoms with Gasteiger partial charge in [-0.3, -0.25) is 4.79 Å². The van der Waals surface area contributed by atoms with Crippen LogP contribution in [0, 0.1) is 0 Å². The number of amides is 4. The Morgan fingerprint density at radius 2 is 2.05 bits per heavy atom. The summed E-state index contributed by atoms with van der Waals surface area (Å²) >= 11 is 0. The van der Waals surface area contributed by atoms with Crippen LogP contribution in [0.15, 0.2) is 0 Å². The number of nitrogens with one attached hydrogen (secondary N) is 2. The van der Waals surface area contributed by atoms with Crippen LogP contribution in [0.1, 0.15) is 6.42 Å². The summed E-state index contributed by atoms with van der Waals surface area (Å²) in [5.41, 5.74) is 0. The summed E-state index contributed by atoms with van der Waals surface area (Å²) in [5.74, 6) is -2.71. The zero-order valence-electron chi connectivity index (χ0n) is 11.1. The molecule has 116 valence electrons. The number of urea groups is 2. The number of carboxylic acid groups (broad SMARTS) is 2. The van der Waals surface area contributed by atoms with Crippen molar-refractivity contribution in [2.45, 2.75) is 18.5 Å². The van der Waals surface area contributed by atoms with E-state index < -0.39 is 30.4 Å². The average Bonchev–Trinajstić information content (AvgIpc) is 2.78. The normalized spacial score (nSPS) is 22.3. The van der Waals surface area contributed by atoms with Crippen molar-refractivity contribution in [2.24, 2.45) is 0 Å². The quantitative estimate of drug-likeness (QED) is 0.489. The molecule has 21 heavy (non-hydrogen) atoms. The first-order chi connectivity index (χ1) is 9.88. The van der Waals surface area contributed by atoms with Crippen molar-refractivity contribution in [3.05, 3.63) is 0 Å². The second-order valence-corrected chi connectivity index (χ2v) is 4.92. The van der Waals surface area contributed by atoms with Gasteiger partial charge in [0.15, 0.2) is 0 Å². The molecule has 2 rings (SSSR count). The number of hydrogen-bond acceptors (Lipinski definition) is 4. The molecule has 2 heterocycles. The lowest BCUT2D eigenvalue weighted by Gasteiger charge is -2.36. The lowest BCUT2D eigenvalue weighted by molar-refractivity contribution is -0.145. The van der Waals surface area contributed by atoms with Crippen molar-refractivity contribution in [1.29, 1.82) is 0 Å². The summed E-state index contributed by atoms with van der Waals surface area (Å²) in [6, 6.07) is -2.42. The molecule has 10 nitrogen and oxygen atoms in total. The maximum absolute atomic E-state index is 12.0. The van der Waals surface area contributed by atoms with E-state index in [-0.39, 0.29) is 25.2 Å². The number of carbonyl (C=O) groups is 4. The molecule has 10 heteroatoms. The minimum absolute atomic E-state index is 0.139. The van der Waals surface area contributed by atoms with E-state index in [4.69, 9.17) is 10.2 Å². The minimum atomic E-state index is -1.48. The van der Waals surface area contributed by atoms with Crippen LogP contribution in [-0.4, -0.2) is 82.3 Å². The molecule has 0 aliphatic carbocycles. The van der Waals surface area contributed by atoms with Crippen molar-refractivity contribution in [3.8, 4) is 0 Å². The largest absolute Gasteiger partial charge is 0.481 e. The summed E-state index contributed by atoms with van der Waals surface area (Å²) < 4.78 is 0. The highest BCUT2D eigenvalue weighted by Crippen LogP contribution is 2.14. The molecule has 0 aromatic rings. The third kappa shape index (κ3) is 3.33. The Labute approximate surface area is 119 Å². The molecule has 0 saturated carbocycles. The van der Waals surface area contributed by atoms with Crippen molar-refractivity contribution in [1.82, 2.24) is 20.4 Å². The van der Waals surface area contributed by atoms with E-state index in [1.165, 1.54) is 4.90 Å². The maximum Gasteiger partial charge on any atom is 0.326 e. The van der Waals surface area contributed by atoms with Crippen molar-refractivity contribution < 1.29 is 29.4 Å². The number of carboxylic acids is 2. The van der Waals surface area contributed by atoms with Crippen molar-refractivity contribution >= 4 is 24.0 Å². The van der Waals surface area contributed by atoms with Crippen LogP contribution in [-0.2, 0) is 9.59 Å². The van der Waals surface area contributed by atoms with E-state index in [9.17, 15) is 19.2 Å². The van der Waals surface area contributed by atoms with Gasteiger partial charge in [0.2, 0.25) is 0 Å². The Bertz CT molecular complexity index is 481. The minimum Gasteiger partial charge on any atom is -0.481 e. The van der Waals surface area contributed by atoms with Crippen LogP contribution in [0.2, 0.25) is 0 Å². The van der Waals surface area contributed by atoms with Gasteiger partial charge in [-0.2, -0.15) is 0 Å². The molecule has 2 saturated heterocycles. The SMILES string of the molecule is O=C(O)CC(NC(=O)N1CCN2C(=O)NCC2C1)C(=O)O. The number of fused-ring (bicyclic) bond motifs is 1. The van der Waals surface area contributed by atoms with Gasteiger partial charge in [0.25, 0.3) is 0 Å². The van der Waals surface area contributed by atoms with Crippen LogP contribution in [0.25, 0.3) is 0 Å². The van der Waals surface area contributed by atoms with E-state index in [1.807, 2.05) is 0 Å². The first-order valence-corrected chi connectivity index (χ1v) is 6.43. The molecule has 0 aromatic carbocycles. The van der Waals surface area contributed by atoms with E-state index in [1.54, 1.807) is 4.90 Å². The Balaban J connectivity index is 1.92. The molecular weight excluding hydrogens is 284 g/mol. The molecule has 4 amide bonds. The summed E-state index contributed by atoms with van der Waals surface area (Å²) in [6.07, 6.45) is -0.690. The molecule has 0 aromatic heterocycles. The van der Waals surface area contributed by atoms with Gasteiger partial charge in [0.05, 0.1) is 12.5 Å². The topological polar surface area (TPSA) is 139 Å². The van der Waals surface area contributed by atoms with Crippen molar-refractivity contribution in [2.75, 3.05) is 26.2 Å². The molecule has 2 aliphatic rings. The van der Waals surface area contributed by atoms with Gasteiger partial charge >= 0.3 is 24.0 Å². The Morgan fingerprint density at radius 3 is 2.67 bits per heavy atom. The summed E-state index contributed by atoms with van der Waals surface area (Å²) in [7, 11) is 0. The second-order valence-electron chi connectivity index (χ2n) is 4.92. The van der Waals surface area contributed by atoms with Gasteiger partial charge in [-0.25, -0.2) is 14.4 Å². The van der Waals surface area contributed by atoms with Gasteiger partial charge in [-0.1, -0.05) is 0 Å². The first-order valence-electron chi connectivity index (χ1n) is 6.43. The Kier molecular flexibility index (Phi) is 4.15. The van der Waals surface area contributed by atoms with Crippen LogP contribution in [0.5, 0.6) is 0 Å². The van der Waals surface area contributed by atoms with Crippen molar-refractivity contribution in [3.63, 3.8) is 0 Å². The first kappa shape index (κ1) is 14.9. The number of carbonyl (C=O) groups excluding carboxylic acids is 2. The lowest BCUT2D eigenvalue weighted by atomic mass is 10.2. The molecule has 4 N–H and O–H groups in total. The van der Waals surface area contributed by atoms with Crippen LogP contribution in [0.3, 0.4) is 0 Å². The van der Waals surface area contributed by atoms with Crippen LogP contribution in [0.4, 0.5) is 9.59 Å². The molecule has 2 unspecified atom stereocenters. The number of rotatable bonds is 4. The predicted molar refractivity (Wildman–Crippen MR) is 67.7 cm³/mol. The fraction of sp³-hybridized carbons (Fsp3) is 0.636. The number of piperazine rings is 1. The van der Waals surface area contributed by atoms with Gasteiger partial charge in [0.1, 0.15) is 6.04 Å². The maximum atomic E-state index is 12.0.